The molecule has 0 heterocycles. The highest BCUT2D eigenvalue weighted by Crippen LogP contribution is 2.34. The van der Waals surface area contributed by atoms with Crippen molar-refractivity contribution in [2.24, 2.45) is 5.92 Å². The number of hydrogen-bond donors (Lipinski definition) is 0. The Morgan fingerprint density at radius 2 is 1.57 bits per heavy atom. The number of carbonyl (C=O) groups is 2. The maximum absolute atomic E-state index is 12.5. The van der Waals surface area contributed by atoms with Crippen molar-refractivity contribution in [3.05, 3.63) is 69.2 Å². The van der Waals surface area contributed by atoms with Crippen molar-refractivity contribution in [1.29, 1.82) is 0 Å². The van der Waals surface area contributed by atoms with Crippen LogP contribution in [0.15, 0.2) is 53.0 Å². The molecule has 0 N–H and O–H groups in total. The van der Waals surface area contributed by atoms with E-state index in [4.69, 9.17) is 11.6 Å². The van der Waals surface area contributed by atoms with Gasteiger partial charge in [-0.15, -0.1) is 0 Å². The van der Waals surface area contributed by atoms with Crippen LogP contribution in [0.1, 0.15) is 29.9 Å². The fourth-order valence-electron chi connectivity index (χ4n) is 3.10. The van der Waals surface area contributed by atoms with Gasteiger partial charge in [0.15, 0.2) is 0 Å². The zero-order valence-electron chi connectivity index (χ0n) is 12.5. The van der Waals surface area contributed by atoms with E-state index < -0.39 is 5.92 Å². The molecule has 4 heteroatoms. The molecule has 0 atom stereocenters. The maximum atomic E-state index is 12.5. The molecule has 1 aliphatic rings. The van der Waals surface area contributed by atoms with Crippen LogP contribution in [0.5, 0.6) is 0 Å². The summed E-state index contributed by atoms with van der Waals surface area (Å²) in [6.45, 7) is 0. The summed E-state index contributed by atoms with van der Waals surface area (Å²) in [6, 6.07) is 15.2. The Bertz CT molecular complexity index is 721. The fraction of sp³-hybridized carbons (Fsp3) is 0.263. The average molecular weight is 392 g/mol. The van der Waals surface area contributed by atoms with Crippen molar-refractivity contribution in [2.45, 2.75) is 25.2 Å². The van der Waals surface area contributed by atoms with Gasteiger partial charge in [-0.2, -0.15) is 0 Å². The van der Waals surface area contributed by atoms with E-state index in [1.54, 1.807) is 12.1 Å². The van der Waals surface area contributed by atoms with Crippen LogP contribution in [0, 0.1) is 5.92 Å². The van der Waals surface area contributed by atoms with Crippen molar-refractivity contribution >= 4 is 39.1 Å². The molecule has 0 saturated heterocycles. The summed E-state index contributed by atoms with van der Waals surface area (Å²) >= 11 is 9.38. The highest BCUT2D eigenvalue weighted by atomic mass is 79.9. The first-order valence-electron chi connectivity index (χ1n) is 7.59. The fourth-order valence-corrected chi connectivity index (χ4v) is 3.68. The molecule has 0 radical (unpaired) electrons. The molecule has 0 unspecified atom stereocenters. The lowest BCUT2D eigenvalue weighted by atomic mass is 9.75. The van der Waals surface area contributed by atoms with Crippen molar-refractivity contribution in [3.8, 4) is 0 Å². The third kappa shape index (κ3) is 3.73. The molecule has 23 heavy (non-hydrogen) atoms. The van der Waals surface area contributed by atoms with Crippen LogP contribution in [0.2, 0.25) is 5.02 Å². The second kappa shape index (κ2) is 6.98. The van der Waals surface area contributed by atoms with E-state index in [2.05, 4.69) is 15.9 Å². The van der Waals surface area contributed by atoms with Gasteiger partial charge in [0.05, 0.1) is 5.92 Å². The van der Waals surface area contributed by atoms with Crippen LogP contribution in [-0.4, -0.2) is 11.6 Å². The molecule has 1 fully saturated rings. The molecule has 0 aliphatic heterocycles. The summed E-state index contributed by atoms with van der Waals surface area (Å²) < 4.78 is 0.945. The van der Waals surface area contributed by atoms with E-state index in [-0.39, 0.29) is 17.5 Å². The lowest BCUT2D eigenvalue weighted by molar-refractivity contribution is -0.136. The Labute approximate surface area is 149 Å². The van der Waals surface area contributed by atoms with Gasteiger partial charge in [0.25, 0.3) is 0 Å². The molecule has 1 saturated carbocycles. The van der Waals surface area contributed by atoms with Gasteiger partial charge in [-0.1, -0.05) is 57.9 Å². The van der Waals surface area contributed by atoms with Crippen LogP contribution in [0.25, 0.3) is 0 Å². The molecule has 0 bridgehead atoms. The van der Waals surface area contributed by atoms with Gasteiger partial charge in [-0.3, -0.25) is 9.59 Å². The zero-order valence-corrected chi connectivity index (χ0v) is 14.8. The summed E-state index contributed by atoms with van der Waals surface area (Å²) in [6.07, 6.45) is 1.32. The summed E-state index contributed by atoms with van der Waals surface area (Å²) in [4.78, 5) is 25.0. The lowest BCUT2D eigenvalue weighted by Crippen LogP contribution is -2.34. The number of hydrogen-bond acceptors (Lipinski definition) is 2. The number of rotatable bonds is 3. The molecule has 118 valence electrons. The molecule has 2 aromatic rings. The Morgan fingerprint density at radius 3 is 2.17 bits per heavy atom. The smallest absolute Gasteiger partial charge is 0.144 e. The molecule has 3 rings (SSSR count). The largest absolute Gasteiger partial charge is 0.299 e. The van der Waals surface area contributed by atoms with Gasteiger partial charge in [0.1, 0.15) is 11.6 Å². The van der Waals surface area contributed by atoms with Crippen molar-refractivity contribution in [3.63, 3.8) is 0 Å². The SMILES string of the molecule is O=C1CC(c2ccc(Cl)cc2)CC(=O)C1Cc1ccccc1Br. The minimum atomic E-state index is -0.516. The second-order valence-electron chi connectivity index (χ2n) is 5.94. The quantitative estimate of drug-likeness (QED) is 0.692. The van der Waals surface area contributed by atoms with E-state index in [1.807, 2.05) is 36.4 Å². The summed E-state index contributed by atoms with van der Waals surface area (Å²) in [7, 11) is 0. The predicted molar refractivity (Wildman–Crippen MR) is 94.8 cm³/mol. The summed E-state index contributed by atoms with van der Waals surface area (Å²) in [5.41, 5.74) is 2.01. The number of halogens is 2. The monoisotopic (exact) mass is 390 g/mol. The molecular formula is C19H16BrClO2. The maximum Gasteiger partial charge on any atom is 0.144 e. The van der Waals surface area contributed by atoms with Gasteiger partial charge < -0.3 is 0 Å². The second-order valence-corrected chi connectivity index (χ2v) is 7.23. The lowest BCUT2D eigenvalue weighted by Gasteiger charge is -2.27. The summed E-state index contributed by atoms with van der Waals surface area (Å²) in [5.74, 6) is -0.464. The molecule has 0 aromatic heterocycles. The predicted octanol–water partition coefficient (Wildman–Crippen LogP) is 4.98. The van der Waals surface area contributed by atoms with E-state index in [9.17, 15) is 9.59 Å². The average Bonchev–Trinajstić information content (AvgIpc) is 2.53. The van der Waals surface area contributed by atoms with Gasteiger partial charge >= 0.3 is 0 Å². The number of Topliss-reactive ketones (excluding diaryl/α,β-unsaturated/α-hetero) is 2. The number of carbonyl (C=O) groups excluding carboxylic acids is 2. The van der Waals surface area contributed by atoms with E-state index in [0.29, 0.717) is 24.3 Å². The first kappa shape index (κ1) is 16.4. The van der Waals surface area contributed by atoms with Crippen LogP contribution in [-0.2, 0) is 16.0 Å². The molecule has 0 amide bonds. The highest BCUT2D eigenvalue weighted by Gasteiger charge is 2.36. The van der Waals surface area contributed by atoms with Gasteiger partial charge in [0, 0.05) is 22.3 Å². The topological polar surface area (TPSA) is 34.1 Å². The van der Waals surface area contributed by atoms with Gasteiger partial charge in [-0.05, 0) is 41.7 Å². The Kier molecular flexibility index (Phi) is 4.98. The van der Waals surface area contributed by atoms with Crippen molar-refractivity contribution < 1.29 is 9.59 Å². The van der Waals surface area contributed by atoms with E-state index in [0.717, 1.165) is 15.6 Å². The minimum absolute atomic E-state index is 0.0252. The van der Waals surface area contributed by atoms with Gasteiger partial charge in [0.2, 0.25) is 0 Å². The molecular weight excluding hydrogens is 376 g/mol. The van der Waals surface area contributed by atoms with Crippen molar-refractivity contribution in [1.82, 2.24) is 0 Å². The Balaban J connectivity index is 1.75. The molecule has 2 aromatic carbocycles. The normalized spacial score (nSPS) is 21.5. The molecule has 1 aliphatic carbocycles. The van der Waals surface area contributed by atoms with Crippen LogP contribution >= 0.6 is 27.5 Å². The third-order valence-electron chi connectivity index (χ3n) is 4.40. The highest BCUT2D eigenvalue weighted by molar-refractivity contribution is 9.10. The first-order chi connectivity index (χ1) is 11.0. The van der Waals surface area contributed by atoms with Crippen LogP contribution in [0.3, 0.4) is 0 Å². The van der Waals surface area contributed by atoms with Crippen LogP contribution < -0.4 is 0 Å². The minimum Gasteiger partial charge on any atom is -0.299 e. The van der Waals surface area contributed by atoms with Crippen LogP contribution in [0.4, 0.5) is 0 Å². The Morgan fingerprint density at radius 1 is 0.957 bits per heavy atom. The van der Waals surface area contributed by atoms with E-state index in [1.165, 1.54) is 0 Å². The molecule has 2 nitrogen and oxygen atoms in total. The summed E-state index contributed by atoms with van der Waals surface area (Å²) in [5, 5.41) is 0.661. The standard InChI is InChI=1S/C19H16BrClO2/c20-17-4-2-1-3-13(17)9-16-18(22)10-14(11-19(16)23)12-5-7-15(21)8-6-12/h1-8,14,16H,9-11H2. The van der Waals surface area contributed by atoms with E-state index >= 15 is 0 Å². The van der Waals surface area contributed by atoms with Gasteiger partial charge in [-0.25, -0.2) is 0 Å². The molecule has 0 spiro atoms. The first-order valence-corrected chi connectivity index (χ1v) is 8.76. The zero-order chi connectivity index (χ0) is 16.4. The third-order valence-corrected chi connectivity index (χ3v) is 5.42. The number of benzene rings is 2. The van der Waals surface area contributed by atoms with Crippen molar-refractivity contribution in [2.75, 3.05) is 0 Å². The Hall–Kier alpha value is -1.45. The number of ketones is 2.